The maximum atomic E-state index is 12.9. The number of rotatable bonds is 17. The van der Waals surface area contributed by atoms with E-state index in [1.54, 1.807) is 0 Å². The van der Waals surface area contributed by atoms with E-state index in [0.29, 0.717) is 35.1 Å². The van der Waals surface area contributed by atoms with E-state index in [-0.39, 0.29) is 32.3 Å². The van der Waals surface area contributed by atoms with Crippen LogP contribution in [0, 0.1) is 5.41 Å². The molecule has 0 saturated heterocycles. The van der Waals surface area contributed by atoms with E-state index in [1.165, 1.54) is 24.3 Å². The van der Waals surface area contributed by atoms with Gasteiger partial charge in [-0.25, -0.2) is 9.36 Å². The second-order valence-electron chi connectivity index (χ2n) is 11.4. The van der Waals surface area contributed by atoms with Gasteiger partial charge in [0.15, 0.2) is 0 Å². The van der Waals surface area contributed by atoms with Gasteiger partial charge in [-0.1, -0.05) is 55.4 Å². The fourth-order valence-electron chi connectivity index (χ4n) is 3.98. The van der Waals surface area contributed by atoms with Crippen molar-refractivity contribution in [3.8, 4) is 0 Å². The van der Waals surface area contributed by atoms with Gasteiger partial charge in [-0.3, -0.25) is 13.8 Å². The SMILES string of the molecule is CCC(C)(CC(C)c1ccc(COC(=O)c2ccc(N=[N+]=[N-])cc2)cc1)C(=O)OCCOP(=O)(O)OCC[N+](C)(C)C. The molecule has 0 aliphatic heterocycles. The summed E-state index contributed by atoms with van der Waals surface area (Å²) in [5.74, 6) is -0.871. The Balaban J connectivity index is 1.83. The molecule has 12 nitrogen and oxygen atoms in total. The number of likely N-dealkylation sites (N-methyl/N-ethyl adjacent to an activating group) is 1. The summed E-state index contributed by atoms with van der Waals surface area (Å²) in [6.07, 6.45) is 1.07. The summed E-state index contributed by atoms with van der Waals surface area (Å²) in [5, 5.41) is 3.47. The third-order valence-electron chi connectivity index (χ3n) is 6.80. The third kappa shape index (κ3) is 11.9. The highest BCUT2D eigenvalue weighted by molar-refractivity contribution is 7.47. The van der Waals surface area contributed by atoms with E-state index in [4.69, 9.17) is 24.1 Å². The monoisotopic (exact) mass is 605 g/mol. The molecule has 0 bridgehead atoms. The van der Waals surface area contributed by atoms with Crippen LogP contribution in [-0.4, -0.2) is 68.8 Å². The smallest absolute Gasteiger partial charge is 0.463 e. The molecule has 0 heterocycles. The molecule has 3 atom stereocenters. The lowest BCUT2D eigenvalue weighted by Crippen LogP contribution is -2.37. The zero-order valence-corrected chi connectivity index (χ0v) is 26.1. The summed E-state index contributed by atoms with van der Waals surface area (Å²) in [7, 11) is 1.58. The first kappa shape index (κ1) is 35.0. The minimum atomic E-state index is -4.23. The van der Waals surface area contributed by atoms with Crippen molar-refractivity contribution in [3.63, 3.8) is 0 Å². The van der Waals surface area contributed by atoms with Gasteiger partial charge in [0, 0.05) is 10.6 Å². The molecule has 3 unspecified atom stereocenters. The normalized spacial score (nSPS) is 15.0. The molecule has 0 spiro atoms. The molecule has 0 aromatic heterocycles. The molecule has 0 amide bonds. The summed E-state index contributed by atoms with van der Waals surface area (Å²) >= 11 is 0. The molecular weight excluding hydrogens is 563 g/mol. The Morgan fingerprint density at radius 2 is 1.64 bits per heavy atom. The molecule has 0 fully saturated rings. The van der Waals surface area contributed by atoms with Crippen LogP contribution in [0.4, 0.5) is 5.69 Å². The molecule has 0 saturated carbocycles. The Bertz CT molecular complexity index is 1270. The molecule has 1 N–H and O–H groups in total. The van der Waals surface area contributed by atoms with Crippen molar-refractivity contribution in [2.45, 2.75) is 46.1 Å². The van der Waals surface area contributed by atoms with E-state index < -0.39 is 25.2 Å². The van der Waals surface area contributed by atoms with Gasteiger partial charge in [0.2, 0.25) is 0 Å². The fourth-order valence-corrected chi connectivity index (χ4v) is 4.68. The Labute approximate surface area is 247 Å². The van der Waals surface area contributed by atoms with Crippen LogP contribution in [0.2, 0.25) is 0 Å². The van der Waals surface area contributed by atoms with Gasteiger partial charge in [-0.15, -0.1) is 0 Å². The number of phosphoric acid groups is 1. The Morgan fingerprint density at radius 1 is 1.02 bits per heavy atom. The second-order valence-corrected chi connectivity index (χ2v) is 12.8. The van der Waals surface area contributed by atoms with Gasteiger partial charge in [0.05, 0.1) is 38.7 Å². The number of nitrogens with zero attached hydrogens (tertiary/aromatic N) is 4. The number of benzene rings is 2. The van der Waals surface area contributed by atoms with Crippen molar-refractivity contribution in [2.75, 3.05) is 47.5 Å². The Hall–Kier alpha value is -3.24. The molecule has 2 rings (SSSR count). The van der Waals surface area contributed by atoms with E-state index in [0.717, 1.165) is 11.1 Å². The van der Waals surface area contributed by atoms with Crippen molar-refractivity contribution in [2.24, 2.45) is 10.5 Å². The van der Waals surface area contributed by atoms with Crippen molar-refractivity contribution in [1.82, 2.24) is 0 Å². The van der Waals surface area contributed by atoms with Crippen LogP contribution in [-0.2, 0) is 34.5 Å². The van der Waals surface area contributed by atoms with Gasteiger partial charge < -0.3 is 18.9 Å². The summed E-state index contributed by atoms with van der Waals surface area (Å²) < 4.78 is 33.3. The quantitative estimate of drug-likeness (QED) is 0.0420. The standard InChI is InChI=1S/C29H41N4O8P/c1-7-29(3,28(35)38-18-19-41-42(36,37)40-17-16-33(4,5)6)20-22(2)24-10-8-23(9-11-24)21-39-27(34)25-12-14-26(15-13-25)31-32-30/h8-15,22H,7,16-21H2,1-6H3/p+1. The summed E-state index contributed by atoms with van der Waals surface area (Å²) in [6.45, 7) is 6.03. The lowest BCUT2D eigenvalue weighted by molar-refractivity contribution is -0.870. The number of carbonyl (C=O) groups excluding carboxylic acids is 2. The van der Waals surface area contributed by atoms with Gasteiger partial charge >= 0.3 is 19.8 Å². The number of ether oxygens (including phenoxy) is 2. The first-order valence-corrected chi connectivity index (χ1v) is 15.2. The average molecular weight is 606 g/mol. The molecule has 13 heteroatoms. The highest BCUT2D eigenvalue weighted by Gasteiger charge is 2.35. The predicted octanol–water partition coefficient (Wildman–Crippen LogP) is 6.28. The fraction of sp³-hybridized carbons (Fsp3) is 0.517. The van der Waals surface area contributed by atoms with Crippen molar-refractivity contribution in [3.05, 3.63) is 75.7 Å². The van der Waals surface area contributed by atoms with Crippen LogP contribution in [0.5, 0.6) is 0 Å². The average Bonchev–Trinajstić information content (AvgIpc) is 2.93. The predicted molar refractivity (Wildman–Crippen MR) is 158 cm³/mol. The number of quaternary nitrogens is 1. The van der Waals surface area contributed by atoms with Gasteiger partial charge in [-0.2, -0.15) is 0 Å². The highest BCUT2D eigenvalue weighted by atomic mass is 31.2. The molecule has 0 aliphatic carbocycles. The number of hydrogen-bond donors (Lipinski definition) is 1. The minimum Gasteiger partial charge on any atom is -0.463 e. The van der Waals surface area contributed by atoms with Gasteiger partial charge in [0.25, 0.3) is 0 Å². The number of azide groups is 1. The lowest BCUT2D eigenvalue weighted by atomic mass is 9.77. The number of hydrogen-bond acceptors (Lipinski definition) is 8. The van der Waals surface area contributed by atoms with Crippen LogP contribution >= 0.6 is 7.82 Å². The maximum absolute atomic E-state index is 12.9. The Kier molecular flexibility index (Phi) is 13.2. The molecule has 2 aromatic rings. The van der Waals surface area contributed by atoms with Crippen molar-refractivity contribution in [1.29, 1.82) is 0 Å². The third-order valence-corrected chi connectivity index (χ3v) is 7.82. The molecule has 0 radical (unpaired) electrons. The number of carbonyl (C=O) groups is 2. The first-order valence-electron chi connectivity index (χ1n) is 13.7. The first-order chi connectivity index (χ1) is 19.7. The van der Waals surface area contributed by atoms with Crippen molar-refractivity contribution >= 4 is 25.4 Å². The van der Waals surface area contributed by atoms with Gasteiger partial charge in [-0.05, 0) is 54.5 Å². The highest BCUT2D eigenvalue weighted by Crippen LogP contribution is 2.43. The van der Waals surface area contributed by atoms with E-state index in [2.05, 4.69) is 10.0 Å². The molecular formula is C29H42N4O8P+. The zero-order valence-electron chi connectivity index (χ0n) is 25.2. The summed E-state index contributed by atoms with van der Waals surface area (Å²) in [4.78, 5) is 37.8. The van der Waals surface area contributed by atoms with E-state index >= 15 is 0 Å². The van der Waals surface area contributed by atoms with E-state index in [9.17, 15) is 19.0 Å². The summed E-state index contributed by atoms with van der Waals surface area (Å²) in [6, 6.07) is 13.8. The number of esters is 2. The molecule has 42 heavy (non-hydrogen) atoms. The van der Waals surface area contributed by atoms with Crippen LogP contribution < -0.4 is 0 Å². The van der Waals surface area contributed by atoms with Crippen LogP contribution in [0.25, 0.3) is 10.4 Å². The van der Waals surface area contributed by atoms with Crippen LogP contribution in [0.3, 0.4) is 0 Å². The lowest BCUT2D eigenvalue weighted by Gasteiger charge is -2.29. The van der Waals surface area contributed by atoms with Crippen LogP contribution in [0.15, 0.2) is 53.6 Å². The van der Waals surface area contributed by atoms with Crippen LogP contribution in [0.1, 0.15) is 61.0 Å². The Morgan fingerprint density at radius 3 is 2.21 bits per heavy atom. The maximum Gasteiger partial charge on any atom is 0.472 e. The molecule has 0 aliphatic rings. The number of phosphoric ester groups is 1. The van der Waals surface area contributed by atoms with Gasteiger partial charge in [0.1, 0.15) is 26.4 Å². The molecule has 2 aromatic carbocycles. The second kappa shape index (κ2) is 15.8. The molecule has 230 valence electrons. The van der Waals surface area contributed by atoms with Crippen molar-refractivity contribution < 1.29 is 42.1 Å². The van der Waals surface area contributed by atoms with E-state index in [1.807, 2.05) is 66.2 Å². The topological polar surface area (TPSA) is 157 Å². The minimum absolute atomic E-state index is 0.0252. The zero-order chi connectivity index (χ0) is 31.4. The summed E-state index contributed by atoms with van der Waals surface area (Å²) in [5.41, 5.74) is 10.3. The largest absolute Gasteiger partial charge is 0.472 e.